The predicted octanol–water partition coefficient (Wildman–Crippen LogP) is 3.20. The molecule has 0 N–H and O–H groups in total. The average Bonchev–Trinajstić information content (AvgIpc) is 2.33. The number of ether oxygens (including phenoxy) is 1. The smallest absolute Gasteiger partial charge is 0.0502 e. The Bertz CT molecular complexity index is 354. The number of halogens is 1. The summed E-state index contributed by atoms with van der Waals surface area (Å²) < 4.78 is 5.25. The van der Waals surface area contributed by atoms with Gasteiger partial charge in [-0.25, -0.2) is 0 Å². The minimum Gasteiger partial charge on any atom is -0.384 e. The first-order chi connectivity index (χ1) is 8.29. The van der Waals surface area contributed by atoms with Crippen LogP contribution in [0.1, 0.15) is 18.4 Å². The summed E-state index contributed by atoms with van der Waals surface area (Å²) in [5, 5.41) is 0.876. The molecule has 1 fully saturated rings. The highest BCUT2D eigenvalue weighted by Gasteiger charge is 2.20. The van der Waals surface area contributed by atoms with Gasteiger partial charge in [-0.3, -0.25) is 4.90 Å². The molecule has 1 aromatic rings. The summed E-state index contributed by atoms with van der Waals surface area (Å²) in [6.07, 6.45) is 2.55. The van der Waals surface area contributed by atoms with E-state index in [1.165, 1.54) is 24.9 Å². The second-order valence-electron chi connectivity index (χ2n) is 4.79. The molecule has 2 rings (SSSR count). The van der Waals surface area contributed by atoms with E-state index < -0.39 is 0 Å². The highest BCUT2D eigenvalue weighted by molar-refractivity contribution is 6.31. The molecule has 1 heterocycles. The van der Waals surface area contributed by atoms with Crippen molar-refractivity contribution < 1.29 is 4.74 Å². The number of likely N-dealkylation sites (tertiary alicyclic amines) is 1. The molecule has 3 heteroatoms. The van der Waals surface area contributed by atoms with E-state index >= 15 is 0 Å². The molecule has 2 nitrogen and oxygen atoms in total. The van der Waals surface area contributed by atoms with Crippen molar-refractivity contribution in [2.45, 2.75) is 19.4 Å². The van der Waals surface area contributed by atoms with Crippen LogP contribution in [0.25, 0.3) is 0 Å². The van der Waals surface area contributed by atoms with E-state index in [0.717, 1.165) is 24.7 Å². The lowest BCUT2D eigenvalue weighted by Crippen LogP contribution is -2.36. The van der Waals surface area contributed by atoms with Gasteiger partial charge in [0, 0.05) is 25.2 Å². The SMILES string of the molecule is COCC1CCCN(Cc2ccccc2Cl)C1. The van der Waals surface area contributed by atoms with Crippen molar-refractivity contribution in [1.82, 2.24) is 4.90 Å². The van der Waals surface area contributed by atoms with Crippen LogP contribution < -0.4 is 0 Å². The number of hydrogen-bond donors (Lipinski definition) is 0. The van der Waals surface area contributed by atoms with Crippen LogP contribution in [-0.2, 0) is 11.3 Å². The first-order valence-electron chi connectivity index (χ1n) is 6.24. The molecule has 1 aromatic carbocycles. The molecular formula is C14H20ClNO. The average molecular weight is 254 g/mol. The maximum absolute atomic E-state index is 6.19. The molecule has 0 amide bonds. The molecule has 1 unspecified atom stereocenters. The molecule has 0 aliphatic carbocycles. The van der Waals surface area contributed by atoms with E-state index in [1.807, 2.05) is 12.1 Å². The Hall–Kier alpha value is -0.570. The molecule has 1 aliphatic heterocycles. The monoisotopic (exact) mass is 253 g/mol. The first-order valence-corrected chi connectivity index (χ1v) is 6.62. The van der Waals surface area contributed by atoms with E-state index in [9.17, 15) is 0 Å². The molecular weight excluding hydrogens is 234 g/mol. The van der Waals surface area contributed by atoms with Crippen LogP contribution in [-0.4, -0.2) is 31.7 Å². The zero-order valence-corrected chi connectivity index (χ0v) is 11.1. The van der Waals surface area contributed by atoms with Crippen LogP contribution in [0.5, 0.6) is 0 Å². The van der Waals surface area contributed by atoms with Gasteiger partial charge < -0.3 is 4.74 Å². The molecule has 94 valence electrons. The third-order valence-corrected chi connectivity index (χ3v) is 3.73. The Labute approximate surface area is 109 Å². The topological polar surface area (TPSA) is 12.5 Å². The fourth-order valence-corrected chi connectivity index (χ4v) is 2.73. The largest absolute Gasteiger partial charge is 0.384 e. The van der Waals surface area contributed by atoms with Crippen LogP contribution in [0, 0.1) is 5.92 Å². The third kappa shape index (κ3) is 3.70. The van der Waals surface area contributed by atoms with Gasteiger partial charge in [0.05, 0.1) is 6.61 Å². The second kappa shape index (κ2) is 6.39. The molecule has 1 saturated heterocycles. The third-order valence-electron chi connectivity index (χ3n) is 3.36. The quantitative estimate of drug-likeness (QED) is 0.817. The maximum Gasteiger partial charge on any atom is 0.0502 e. The summed E-state index contributed by atoms with van der Waals surface area (Å²) in [6, 6.07) is 8.11. The normalized spacial score (nSPS) is 21.6. The lowest BCUT2D eigenvalue weighted by Gasteiger charge is -2.32. The van der Waals surface area contributed by atoms with Crippen molar-refractivity contribution in [2.75, 3.05) is 26.8 Å². The van der Waals surface area contributed by atoms with E-state index in [2.05, 4.69) is 17.0 Å². The summed E-state index contributed by atoms with van der Waals surface area (Å²) >= 11 is 6.19. The maximum atomic E-state index is 6.19. The first kappa shape index (κ1) is 12.9. The molecule has 0 radical (unpaired) electrons. The van der Waals surface area contributed by atoms with Gasteiger partial charge in [-0.2, -0.15) is 0 Å². The number of hydrogen-bond acceptors (Lipinski definition) is 2. The molecule has 0 saturated carbocycles. The Morgan fingerprint density at radius 2 is 2.24 bits per heavy atom. The number of nitrogens with zero attached hydrogens (tertiary/aromatic N) is 1. The number of benzene rings is 1. The number of piperidine rings is 1. The van der Waals surface area contributed by atoms with Gasteiger partial charge in [0.25, 0.3) is 0 Å². The Balaban J connectivity index is 1.92. The van der Waals surface area contributed by atoms with Gasteiger partial charge in [0.15, 0.2) is 0 Å². The summed E-state index contributed by atoms with van der Waals surface area (Å²) in [7, 11) is 1.78. The second-order valence-corrected chi connectivity index (χ2v) is 5.20. The zero-order chi connectivity index (χ0) is 12.1. The summed E-state index contributed by atoms with van der Waals surface area (Å²) in [5.74, 6) is 0.677. The predicted molar refractivity (Wildman–Crippen MR) is 71.3 cm³/mol. The highest BCUT2D eigenvalue weighted by Crippen LogP contribution is 2.22. The van der Waals surface area contributed by atoms with Gasteiger partial charge in [0.1, 0.15) is 0 Å². The van der Waals surface area contributed by atoms with E-state index in [-0.39, 0.29) is 0 Å². The van der Waals surface area contributed by atoms with Gasteiger partial charge >= 0.3 is 0 Å². The molecule has 1 aliphatic rings. The Morgan fingerprint density at radius 1 is 1.41 bits per heavy atom. The number of rotatable bonds is 4. The van der Waals surface area contributed by atoms with Gasteiger partial charge in [-0.05, 0) is 36.9 Å². The van der Waals surface area contributed by atoms with Crippen molar-refractivity contribution in [3.05, 3.63) is 34.9 Å². The van der Waals surface area contributed by atoms with Crippen molar-refractivity contribution in [2.24, 2.45) is 5.92 Å². The van der Waals surface area contributed by atoms with Crippen molar-refractivity contribution in [3.63, 3.8) is 0 Å². The zero-order valence-electron chi connectivity index (χ0n) is 10.4. The lowest BCUT2D eigenvalue weighted by molar-refractivity contribution is 0.0874. The van der Waals surface area contributed by atoms with Gasteiger partial charge in [-0.15, -0.1) is 0 Å². The van der Waals surface area contributed by atoms with Crippen LogP contribution in [0.3, 0.4) is 0 Å². The van der Waals surface area contributed by atoms with Crippen LogP contribution in [0.2, 0.25) is 5.02 Å². The molecule has 0 aromatic heterocycles. The Kier molecular flexibility index (Phi) is 4.84. The molecule has 0 bridgehead atoms. The summed E-state index contributed by atoms with van der Waals surface area (Å²) in [4.78, 5) is 2.48. The minimum atomic E-state index is 0.677. The highest BCUT2D eigenvalue weighted by atomic mass is 35.5. The standard InChI is InChI=1S/C14H20ClNO/c1-17-11-12-5-4-8-16(9-12)10-13-6-2-3-7-14(13)15/h2-3,6-7,12H,4-5,8-11H2,1H3. The minimum absolute atomic E-state index is 0.677. The van der Waals surface area contributed by atoms with Crippen LogP contribution >= 0.6 is 11.6 Å². The Morgan fingerprint density at radius 3 is 3.00 bits per heavy atom. The fraction of sp³-hybridized carbons (Fsp3) is 0.571. The van der Waals surface area contributed by atoms with Crippen molar-refractivity contribution >= 4 is 11.6 Å². The van der Waals surface area contributed by atoms with Crippen LogP contribution in [0.15, 0.2) is 24.3 Å². The molecule has 0 spiro atoms. The fourth-order valence-electron chi connectivity index (χ4n) is 2.53. The van der Waals surface area contributed by atoms with Crippen molar-refractivity contribution in [1.29, 1.82) is 0 Å². The molecule has 1 atom stereocenters. The number of methoxy groups -OCH3 is 1. The van der Waals surface area contributed by atoms with E-state index in [4.69, 9.17) is 16.3 Å². The van der Waals surface area contributed by atoms with E-state index in [1.54, 1.807) is 7.11 Å². The summed E-state index contributed by atoms with van der Waals surface area (Å²) in [6.45, 7) is 4.13. The van der Waals surface area contributed by atoms with Crippen molar-refractivity contribution in [3.8, 4) is 0 Å². The van der Waals surface area contributed by atoms with E-state index in [0.29, 0.717) is 5.92 Å². The summed E-state index contributed by atoms with van der Waals surface area (Å²) in [5.41, 5.74) is 1.23. The van der Waals surface area contributed by atoms with Gasteiger partial charge in [0.2, 0.25) is 0 Å². The van der Waals surface area contributed by atoms with Crippen LogP contribution in [0.4, 0.5) is 0 Å². The lowest BCUT2D eigenvalue weighted by atomic mass is 9.98. The van der Waals surface area contributed by atoms with Gasteiger partial charge in [-0.1, -0.05) is 29.8 Å². The molecule has 17 heavy (non-hydrogen) atoms.